The second kappa shape index (κ2) is 7.10. The van der Waals surface area contributed by atoms with Crippen LogP contribution in [0.5, 0.6) is 5.75 Å². The first-order chi connectivity index (χ1) is 11.6. The molecule has 3 rings (SSSR count). The van der Waals surface area contributed by atoms with Gasteiger partial charge < -0.3 is 13.9 Å². The maximum Gasteiger partial charge on any atom is 0.135 e. The van der Waals surface area contributed by atoms with Crippen LogP contribution < -0.4 is 4.74 Å². The van der Waals surface area contributed by atoms with Gasteiger partial charge in [0.05, 0.1) is 13.2 Å². The van der Waals surface area contributed by atoms with Gasteiger partial charge in [-0.15, -0.1) is 0 Å². The third-order valence-electron chi connectivity index (χ3n) is 4.06. The number of ether oxygens (including phenoxy) is 2. The molecule has 0 fully saturated rings. The zero-order valence-electron chi connectivity index (χ0n) is 14.7. The molecule has 3 aromatic rings. The predicted octanol–water partition coefficient (Wildman–Crippen LogP) is 5.84. The average Bonchev–Trinajstić information content (AvgIpc) is 3.02. The summed E-state index contributed by atoms with van der Waals surface area (Å²) in [4.78, 5) is 0. The van der Waals surface area contributed by atoms with Crippen LogP contribution in [-0.2, 0) is 4.74 Å². The molecule has 0 N–H and O–H groups in total. The number of rotatable bonds is 6. The monoisotopic (exact) mass is 324 g/mol. The molecule has 0 radical (unpaired) electrons. The third-order valence-corrected chi connectivity index (χ3v) is 4.06. The van der Waals surface area contributed by atoms with E-state index in [4.69, 9.17) is 13.9 Å². The summed E-state index contributed by atoms with van der Waals surface area (Å²) in [6, 6.07) is 16.2. The van der Waals surface area contributed by atoms with Crippen molar-refractivity contribution in [2.45, 2.75) is 26.9 Å². The molecule has 0 aliphatic carbocycles. The van der Waals surface area contributed by atoms with Crippen molar-refractivity contribution in [1.82, 2.24) is 0 Å². The van der Waals surface area contributed by atoms with Gasteiger partial charge in [-0.25, -0.2) is 0 Å². The van der Waals surface area contributed by atoms with E-state index in [1.807, 2.05) is 30.3 Å². The van der Waals surface area contributed by atoms with Crippen molar-refractivity contribution in [3.63, 3.8) is 0 Å². The maximum atomic E-state index is 5.98. The highest BCUT2D eigenvalue weighted by Gasteiger charge is 2.11. The van der Waals surface area contributed by atoms with E-state index in [1.54, 1.807) is 7.11 Å². The minimum Gasteiger partial charge on any atom is -0.497 e. The second-order valence-corrected chi connectivity index (χ2v) is 6.51. The molecule has 0 aliphatic heterocycles. The third kappa shape index (κ3) is 3.62. The topological polar surface area (TPSA) is 31.6 Å². The van der Waals surface area contributed by atoms with Crippen molar-refractivity contribution in [2.24, 2.45) is 5.92 Å². The van der Waals surface area contributed by atoms with Gasteiger partial charge in [0.1, 0.15) is 17.1 Å². The average molecular weight is 324 g/mol. The smallest absolute Gasteiger partial charge is 0.135 e. The molecule has 0 bridgehead atoms. The standard InChI is InChI=1S/C21H24O3/c1-14(2)13-23-15(3)17-7-10-20-18(11-17)12-21(24-20)16-5-8-19(22-4)9-6-16/h5-12,14-15H,13H2,1-4H3. The molecule has 1 aromatic heterocycles. The first kappa shape index (κ1) is 16.6. The Morgan fingerprint density at radius 2 is 1.71 bits per heavy atom. The molecule has 0 aliphatic rings. The Hall–Kier alpha value is -2.26. The van der Waals surface area contributed by atoms with E-state index in [-0.39, 0.29) is 6.10 Å². The molecule has 2 aromatic carbocycles. The zero-order chi connectivity index (χ0) is 17.1. The van der Waals surface area contributed by atoms with Crippen molar-refractivity contribution in [1.29, 1.82) is 0 Å². The van der Waals surface area contributed by atoms with Crippen LogP contribution in [0.1, 0.15) is 32.4 Å². The molecule has 24 heavy (non-hydrogen) atoms. The molecular formula is C21H24O3. The Morgan fingerprint density at radius 3 is 2.38 bits per heavy atom. The molecule has 0 spiro atoms. The quantitative estimate of drug-likeness (QED) is 0.570. The highest BCUT2D eigenvalue weighted by Crippen LogP contribution is 2.31. The Kier molecular flexibility index (Phi) is 4.91. The van der Waals surface area contributed by atoms with Crippen molar-refractivity contribution in [3.8, 4) is 17.1 Å². The maximum absolute atomic E-state index is 5.98. The van der Waals surface area contributed by atoms with Crippen molar-refractivity contribution in [3.05, 3.63) is 54.1 Å². The number of hydrogen-bond donors (Lipinski definition) is 0. The summed E-state index contributed by atoms with van der Waals surface area (Å²) < 4.78 is 17.1. The lowest BCUT2D eigenvalue weighted by Gasteiger charge is -2.15. The fourth-order valence-corrected chi connectivity index (χ4v) is 2.65. The SMILES string of the molecule is COc1ccc(-c2cc3cc(C(C)OCC(C)C)ccc3o2)cc1. The first-order valence-corrected chi connectivity index (χ1v) is 8.36. The van der Waals surface area contributed by atoms with Crippen LogP contribution in [0.3, 0.4) is 0 Å². The second-order valence-electron chi connectivity index (χ2n) is 6.51. The highest BCUT2D eigenvalue weighted by atomic mass is 16.5. The molecule has 3 nitrogen and oxygen atoms in total. The summed E-state index contributed by atoms with van der Waals surface area (Å²) in [5, 5.41) is 1.10. The van der Waals surface area contributed by atoms with E-state index >= 15 is 0 Å². The zero-order valence-corrected chi connectivity index (χ0v) is 14.7. The summed E-state index contributed by atoms with van der Waals surface area (Å²) in [6.07, 6.45) is 0.0798. The molecule has 126 valence electrons. The lowest BCUT2D eigenvalue weighted by atomic mass is 10.1. The number of methoxy groups -OCH3 is 1. The van der Waals surface area contributed by atoms with Gasteiger partial charge in [-0.05, 0) is 60.9 Å². The first-order valence-electron chi connectivity index (χ1n) is 8.36. The molecule has 1 atom stereocenters. The lowest BCUT2D eigenvalue weighted by molar-refractivity contribution is 0.0470. The minimum atomic E-state index is 0.0798. The van der Waals surface area contributed by atoms with Crippen molar-refractivity contribution >= 4 is 11.0 Å². The van der Waals surface area contributed by atoms with E-state index in [2.05, 4.69) is 39.0 Å². The van der Waals surface area contributed by atoms with Gasteiger partial charge in [0.15, 0.2) is 0 Å². The minimum absolute atomic E-state index is 0.0798. The number of benzene rings is 2. The van der Waals surface area contributed by atoms with Crippen LogP contribution in [0.15, 0.2) is 52.9 Å². The van der Waals surface area contributed by atoms with E-state index in [1.165, 1.54) is 5.56 Å². The predicted molar refractivity (Wildman–Crippen MR) is 97.4 cm³/mol. The number of furan rings is 1. The molecule has 1 unspecified atom stereocenters. The van der Waals surface area contributed by atoms with Crippen LogP contribution in [0.2, 0.25) is 0 Å². The van der Waals surface area contributed by atoms with Gasteiger partial charge in [0.25, 0.3) is 0 Å². The van der Waals surface area contributed by atoms with Gasteiger partial charge in [-0.3, -0.25) is 0 Å². The summed E-state index contributed by atoms with van der Waals surface area (Å²) in [6.45, 7) is 7.18. The van der Waals surface area contributed by atoms with Gasteiger partial charge in [-0.2, -0.15) is 0 Å². The summed E-state index contributed by atoms with van der Waals surface area (Å²) in [7, 11) is 1.67. The largest absolute Gasteiger partial charge is 0.497 e. The summed E-state index contributed by atoms with van der Waals surface area (Å²) in [5.41, 5.74) is 3.10. The fourth-order valence-electron chi connectivity index (χ4n) is 2.65. The van der Waals surface area contributed by atoms with Crippen LogP contribution >= 0.6 is 0 Å². The summed E-state index contributed by atoms with van der Waals surface area (Å²) in [5.74, 6) is 2.24. The Bertz CT molecular complexity index is 800. The van der Waals surface area contributed by atoms with E-state index in [0.717, 1.165) is 34.6 Å². The van der Waals surface area contributed by atoms with Crippen LogP contribution in [0.25, 0.3) is 22.3 Å². The van der Waals surface area contributed by atoms with Crippen molar-refractivity contribution < 1.29 is 13.9 Å². The Morgan fingerprint density at radius 1 is 0.958 bits per heavy atom. The van der Waals surface area contributed by atoms with E-state index in [0.29, 0.717) is 5.92 Å². The van der Waals surface area contributed by atoms with Crippen LogP contribution in [0, 0.1) is 5.92 Å². The normalized spacial score (nSPS) is 12.7. The molecule has 0 amide bonds. The Balaban J connectivity index is 1.85. The van der Waals surface area contributed by atoms with Gasteiger partial charge in [-0.1, -0.05) is 19.9 Å². The number of fused-ring (bicyclic) bond motifs is 1. The van der Waals surface area contributed by atoms with Gasteiger partial charge in [0.2, 0.25) is 0 Å². The van der Waals surface area contributed by atoms with Gasteiger partial charge >= 0.3 is 0 Å². The molecule has 3 heteroatoms. The van der Waals surface area contributed by atoms with Crippen LogP contribution in [0.4, 0.5) is 0 Å². The molecular weight excluding hydrogens is 300 g/mol. The molecule has 0 saturated carbocycles. The number of hydrogen-bond acceptors (Lipinski definition) is 3. The lowest BCUT2D eigenvalue weighted by Crippen LogP contribution is -2.06. The van der Waals surface area contributed by atoms with E-state index < -0.39 is 0 Å². The van der Waals surface area contributed by atoms with Crippen LogP contribution in [-0.4, -0.2) is 13.7 Å². The van der Waals surface area contributed by atoms with Gasteiger partial charge in [0, 0.05) is 17.6 Å². The molecule has 1 heterocycles. The van der Waals surface area contributed by atoms with E-state index in [9.17, 15) is 0 Å². The Labute approximate surface area is 143 Å². The summed E-state index contributed by atoms with van der Waals surface area (Å²) >= 11 is 0. The van der Waals surface area contributed by atoms with Crippen molar-refractivity contribution in [2.75, 3.05) is 13.7 Å². The molecule has 0 saturated heterocycles. The highest BCUT2D eigenvalue weighted by molar-refractivity contribution is 5.83. The fraction of sp³-hybridized carbons (Fsp3) is 0.333.